The Morgan fingerprint density at radius 1 is 1.35 bits per heavy atom. The largest absolute Gasteiger partial charge is 0.313 e. The summed E-state index contributed by atoms with van der Waals surface area (Å²) in [6, 6.07) is 2.18. The van der Waals surface area contributed by atoms with Gasteiger partial charge in [-0.15, -0.1) is 11.6 Å². The molecule has 0 saturated carbocycles. The predicted octanol–water partition coefficient (Wildman–Crippen LogP) is 3.16. The molecule has 0 fully saturated rings. The molecule has 20 heavy (non-hydrogen) atoms. The van der Waals surface area contributed by atoms with E-state index < -0.39 is 0 Å². The van der Waals surface area contributed by atoms with Crippen molar-refractivity contribution in [2.24, 2.45) is 7.05 Å². The van der Waals surface area contributed by atoms with Gasteiger partial charge in [0.15, 0.2) is 5.65 Å². The molecule has 0 bridgehead atoms. The third-order valence-corrected chi connectivity index (χ3v) is 4.41. The molecule has 0 aliphatic carbocycles. The lowest BCUT2D eigenvalue weighted by molar-refractivity contribution is 0.642. The minimum absolute atomic E-state index is 0.592. The summed E-state index contributed by atoms with van der Waals surface area (Å²) in [5.74, 6) is 1.65. The fourth-order valence-corrected chi connectivity index (χ4v) is 3.44. The maximum absolute atomic E-state index is 5.91. The molecule has 4 nitrogen and oxygen atoms in total. The van der Waals surface area contributed by atoms with E-state index in [0.717, 1.165) is 42.1 Å². The molecule has 0 unspecified atom stereocenters. The number of fused-ring (bicyclic) bond motifs is 1. The van der Waals surface area contributed by atoms with Gasteiger partial charge in [0.2, 0.25) is 0 Å². The summed E-state index contributed by atoms with van der Waals surface area (Å²) >= 11 is 7.65. The molecular formula is C14H17ClN4S. The van der Waals surface area contributed by atoms with Crippen LogP contribution in [-0.4, -0.2) is 25.2 Å². The van der Waals surface area contributed by atoms with Gasteiger partial charge in [0.1, 0.15) is 11.3 Å². The summed E-state index contributed by atoms with van der Waals surface area (Å²) < 4.78 is 4.18. The third-order valence-electron chi connectivity index (χ3n) is 3.49. The Morgan fingerprint density at radius 3 is 2.90 bits per heavy atom. The number of thiophene rings is 1. The van der Waals surface area contributed by atoms with Gasteiger partial charge in [0.05, 0.1) is 5.69 Å². The van der Waals surface area contributed by atoms with Crippen LogP contribution in [0.2, 0.25) is 0 Å². The second-order valence-corrected chi connectivity index (χ2v) is 6.04. The van der Waals surface area contributed by atoms with Crippen molar-refractivity contribution in [2.45, 2.75) is 26.3 Å². The molecule has 0 aliphatic rings. The number of hydrogen-bond acceptors (Lipinski definition) is 3. The standard InChI is InChI=1S/C14H17ClN4S/c1-10-13-14(18(2)17-10)19(12(16-13)3-6-15)7-4-11-5-8-20-9-11/h5,8-9H,3-4,6-7H2,1-2H3. The molecule has 0 saturated heterocycles. The molecule has 0 amide bonds. The van der Waals surface area contributed by atoms with Crippen LogP contribution >= 0.6 is 22.9 Å². The van der Waals surface area contributed by atoms with E-state index in [1.165, 1.54) is 5.56 Å². The first-order chi connectivity index (χ1) is 9.70. The van der Waals surface area contributed by atoms with Gasteiger partial charge in [-0.3, -0.25) is 4.68 Å². The normalized spacial score (nSPS) is 11.6. The lowest BCUT2D eigenvalue weighted by atomic mass is 10.2. The number of imidazole rings is 1. The number of halogens is 1. The molecular weight excluding hydrogens is 292 g/mol. The van der Waals surface area contributed by atoms with Crippen molar-refractivity contribution < 1.29 is 0 Å². The molecule has 0 atom stereocenters. The van der Waals surface area contributed by atoms with Crippen LogP contribution in [0.15, 0.2) is 16.8 Å². The van der Waals surface area contributed by atoms with Crippen molar-refractivity contribution in [1.82, 2.24) is 19.3 Å². The van der Waals surface area contributed by atoms with Crippen LogP contribution in [0, 0.1) is 6.92 Å². The number of alkyl halides is 1. The van der Waals surface area contributed by atoms with Crippen molar-refractivity contribution >= 4 is 34.1 Å². The van der Waals surface area contributed by atoms with Crippen LogP contribution in [0.1, 0.15) is 17.1 Å². The Labute approximate surface area is 127 Å². The summed E-state index contributed by atoms with van der Waals surface area (Å²) in [6.45, 7) is 2.92. The molecule has 3 heterocycles. The van der Waals surface area contributed by atoms with E-state index in [9.17, 15) is 0 Å². The molecule has 0 aromatic carbocycles. The quantitative estimate of drug-likeness (QED) is 0.679. The number of aryl methyl sites for hydroxylation is 5. The highest BCUT2D eigenvalue weighted by atomic mass is 35.5. The molecule has 0 N–H and O–H groups in total. The highest BCUT2D eigenvalue weighted by Crippen LogP contribution is 2.20. The second kappa shape index (κ2) is 5.58. The zero-order chi connectivity index (χ0) is 14.1. The van der Waals surface area contributed by atoms with Gasteiger partial charge in [-0.05, 0) is 35.7 Å². The van der Waals surface area contributed by atoms with Crippen molar-refractivity contribution in [2.75, 3.05) is 5.88 Å². The van der Waals surface area contributed by atoms with E-state index in [-0.39, 0.29) is 0 Å². The molecule has 106 valence electrons. The Kier molecular flexibility index (Phi) is 3.81. The molecule has 0 radical (unpaired) electrons. The zero-order valence-electron chi connectivity index (χ0n) is 11.6. The minimum Gasteiger partial charge on any atom is -0.313 e. The molecule has 3 rings (SSSR count). The maximum atomic E-state index is 5.91. The monoisotopic (exact) mass is 308 g/mol. The van der Waals surface area contributed by atoms with Crippen molar-refractivity contribution in [3.8, 4) is 0 Å². The van der Waals surface area contributed by atoms with Crippen LogP contribution in [0.3, 0.4) is 0 Å². The fourth-order valence-electron chi connectivity index (χ4n) is 2.57. The van der Waals surface area contributed by atoms with Crippen LogP contribution in [0.4, 0.5) is 0 Å². The second-order valence-electron chi connectivity index (χ2n) is 4.88. The molecule has 3 aromatic rings. The van der Waals surface area contributed by atoms with E-state index in [4.69, 9.17) is 16.6 Å². The van der Waals surface area contributed by atoms with Crippen LogP contribution in [0.5, 0.6) is 0 Å². The van der Waals surface area contributed by atoms with Crippen molar-refractivity contribution in [3.63, 3.8) is 0 Å². The lowest BCUT2D eigenvalue weighted by Crippen LogP contribution is -2.09. The average molecular weight is 309 g/mol. The first kappa shape index (κ1) is 13.6. The molecule has 0 spiro atoms. The Morgan fingerprint density at radius 2 is 2.20 bits per heavy atom. The van der Waals surface area contributed by atoms with E-state index >= 15 is 0 Å². The topological polar surface area (TPSA) is 35.6 Å². The predicted molar refractivity (Wildman–Crippen MR) is 83.7 cm³/mol. The van der Waals surface area contributed by atoms with E-state index in [1.54, 1.807) is 11.3 Å². The van der Waals surface area contributed by atoms with Gasteiger partial charge in [0.25, 0.3) is 0 Å². The van der Waals surface area contributed by atoms with E-state index in [2.05, 4.69) is 26.5 Å². The Balaban J connectivity index is 1.99. The van der Waals surface area contributed by atoms with Crippen molar-refractivity contribution in [3.05, 3.63) is 33.9 Å². The van der Waals surface area contributed by atoms with Gasteiger partial charge < -0.3 is 4.57 Å². The number of hydrogen-bond donors (Lipinski definition) is 0. The zero-order valence-corrected chi connectivity index (χ0v) is 13.2. The SMILES string of the molecule is Cc1nn(C)c2c1nc(CCCl)n2CCc1ccsc1. The van der Waals surface area contributed by atoms with E-state index in [1.807, 2.05) is 18.7 Å². The smallest absolute Gasteiger partial charge is 0.158 e. The number of nitrogens with zero attached hydrogens (tertiary/aromatic N) is 4. The van der Waals surface area contributed by atoms with Gasteiger partial charge in [0, 0.05) is 25.9 Å². The Bertz CT molecular complexity index is 711. The summed E-state index contributed by atoms with van der Waals surface area (Å²) in [6.07, 6.45) is 1.80. The summed E-state index contributed by atoms with van der Waals surface area (Å²) in [7, 11) is 1.97. The molecule has 0 aliphatic heterocycles. The van der Waals surface area contributed by atoms with Gasteiger partial charge in [-0.1, -0.05) is 0 Å². The summed E-state index contributed by atoms with van der Waals surface area (Å²) in [5, 5.41) is 8.78. The van der Waals surface area contributed by atoms with Crippen LogP contribution < -0.4 is 0 Å². The maximum Gasteiger partial charge on any atom is 0.158 e. The van der Waals surface area contributed by atoms with Crippen molar-refractivity contribution in [1.29, 1.82) is 0 Å². The number of rotatable bonds is 5. The van der Waals surface area contributed by atoms with Crippen LogP contribution in [0.25, 0.3) is 11.2 Å². The van der Waals surface area contributed by atoms with Gasteiger partial charge >= 0.3 is 0 Å². The van der Waals surface area contributed by atoms with Crippen LogP contribution in [-0.2, 0) is 26.4 Å². The first-order valence-corrected chi connectivity index (χ1v) is 8.14. The highest BCUT2D eigenvalue weighted by molar-refractivity contribution is 7.07. The van der Waals surface area contributed by atoms with Gasteiger partial charge in [-0.2, -0.15) is 16.4 Å². The molecule has 6 heteroatoms. The summed E-state index contributed by atoms with van der Waals surface area (Å²) in [4.78, 5) is 4.72. The van der Waals surface area contributed by atoms with Gasteiger partial charge in [-0.25, -0.2) is 4.98 Å². The molecule has 3 aromatic heterocycles. The summed E-state index contributed by atoms with van der Waals surface area (Å²) in [5.41, 5.74) is 4.44. The highest BCUT2D eigenvalue weighted by Gasteiger charge is 2.16. The third kappa shape index (κ3) is 2.36. The lowest BCUT2D eigenvalue weighted by Gasteiger charge is -2.08. The first-order valence-electron chi connectivity index (χ1n) is 6.66. The minimum atomic E-state index is 0.592. The number of aromatic nitrogens is 4. The van der Waals surface area contributed by atoms with E-state index in [0.29, 0.717) is 5.88 Å². The Hall–Kier alpha value is -1.33. The fraction of sp³-hybridized carbons (Fsp3) is 0.429. The average Bonchev–Trinajstić information content (AvgIpc) is 3.08.